The van der Waals surface area contributed by atoms with Crippen molar-refractivity contribution in [1.29, 1.82) is 0 Å². The number of amides is 1. The van der Waals surface area contributed by atoms with E-state index < -0.39 is 18.5 Å². The van der Waals surface area contributed by atoms with Gasteiger partial charge in [-0.3, -0.25) is 4.79 Å². The predicted octanol–water partition coefficient (Wildman–Crippen LogP) is 4.44. The SMILES string of the molecule is O=C(COC(=O)c1ccccc1)Nc1cc(Cl)c(Cl)cc1Cl. The van der Waals surface area contributed by atoms with Crippen molar-refractivity contribution in [2.24, 2.45) is 0 Å². The molecule has 0 aromatic heterocycles. The van der Waals surface area contributed by atoms with Crippen LogP contribution < -0.4 is 5.32 Å². The smallest absolute Gasteiger partial charge is 0.338 e. The van der Waals surface area contributed by atoms with Crippen LogP contribution >= 0.6 is 34.8 Å². The van der Waals surface area contributed by atoms with Crippen molar-refractivity contribution in [3.8, 4) is 0 Å². The molecule has 22 heavy (non-hydrogen) atoms. The molecule has 0 spiro atoms. The van der Waals surface area contributed by atoms with Gasteiger partial charge in [0.05, 0.1) is 26.3 Å². The lowest BCUT2D eigenvalue weighted by Crippen LogP contribution is -2.21. The first-order valence-corrected chi connectivity index (χ1v) is 7.27. The van der Waals surface area contributed by atoms with E-state index in [2.05, 4.69) is 5.32 Å². The van der Waals surface area contributed by atoms with Crippen molar-refractivity contribution in [1.82, 2.24) is 0 Å². The zero-order valence-electron chi connectivity index (χ0n) is 11.1. The molecule has 0 fully saturated rings. The Balaban J connectivity index is 1.94. The number of hydrogen-bond donors (Lipinski definition) is 1. The summed E-state index contributed by atoms with van der Waals surface area (Å²) in [4.78, 5) is 23.5. The number of ether oxygens (including phenoxy) is 1. The summed E-state index contributed by atoms with van der Waals surface area (Å²) < 4.78 is 4.90. The Kier molecular flexibility index (Phi) is 5.66. The van der Waals surface area contributed by atoms with Crippen LogP contribution in [0.5, 0.6) is 0 Å². The minimum Gasteiger partial charge on any atom is -0.452 e. The van der Waals surface area contributed by atoms with E-state index in [4.69, 9.17) is 39.5 Å². The van der Waals surface area contributed by atoms with Crippen LogP contribution in [0.25, 0.3) is 0 Å². The zero-order valence-corrected chi connectivity index (χ0v) is 13.4. The van der Waals surface area contributed by atoms with Crippen LogP contribution in [-0.2, 0) is 9.53 Å². The lowest BCUT2D eigenvalue weighted by Gasteiger charge is -2.09. The summed E-state index contributed by atoms with van der Waals surface area (Å²) in [5, 5.41) is 3.26. The van der Waals surface area contributed by atoms with Crippen molar-refractivity contribution >= 4 is 52.4 Å². The second-order valence-corrected chi connectivity index (χ2v) is 5.46. The first-order chi connectivity index (χ1) is 10.5. The highest BCUT2D eigenvalue weighted by Gasteiger charge is 2.12. The molecule has 0 saturated heterocycles. The van der Waals surface area contributed by atoms with E-state index >= 15 is 0 Å². The average Bonchev–Trinajstić information content (AvgIpc) is 2.51. The molecule has 2 rings (SSSR count). The molecule has 4 nitrogen and oxygen atoms in total. The molecule has 1 amide bonds. The molecule has 0 saturated carbocycles. The number of halogens is 3. The third-order valence-corrected chi connectivity index (χ3v) is 3.66. The van der Waals surface area contributed by atoms with Crippen LogP contribution in [0.15, 0.2) is 42.5 Å². The summed E-state index contributed by atoms with van der Waals surface area (Å²) in [5.74, 6) is -1.12. The van der Waals surface area contributed by atoms with E-state index in [0.717, 1.165) is 0 Å². The first-order valence-electron chi connectivity index (χ1n) is 6.14. The molecule has 1 N–H and O–H groups in total. The van der Waals surface area contributed by atoms with Gasteiger partial charge in [0.1, 0.15) is 0 Å². The van der Waals surface area contributed by atoms with Crippen LogP contribution in [0.4, 0.5) is 5.69 Å². The van der Waals surface area contributed by atoms with Gasteiger partial charge in [0.15, 0.2) is 6.61 Å². The van der Waals surface area contributed by atoms with E-state index in [0.29, 0.717) is 5.56 Å². The van der Waals surface area contributed by atoms with Gasteiger partial charge in [-0.05, 0) is 24.3 Å². The maximum absolute atomic E-state index is 11.8. The predicted molar refractivity (Wildman–Crippen MR) is 86.8 cm³/mol. The van der Waals surface area contributed by atoms with Gasteiger partial charge in [-0.2, -0.15) is 0 Å². The number of anilines is 1. The normalized spacial score (nSPS) is 10.1. The molecule has 0 aliphatic heterocycles. The summed E-state index contributed by atoms with van der Waals surface area (Å²) in [6.45, 7) is -0.440. The van der Waals surface area contributed by atoms with Gasteiger partial charge in [-0.15, -0.1) is 0 Å². The van der Waals surface area contributed by atoms with Gasteiger partial charge in [0.2, 0.25) is 0 Å². The van der Waals surface area contributed by atoms with Crippen LogP contribution in [0.3, 0.4) is 0 Å². The number of carbonyl (C=O) groups excluding carboxylic acids is 2. The Labute approximate surface area is 141 Å². The van der Waals surface area contributed by atoms with Crippen LogP contribution in [-0.4, -0.2) is 18.5 Å². The van der Waals surface area contributed by atoms with Gasteiger partial charge in [0.25, 0.3) is 5.91 Å². The maximum Gasteiger partial charge on any atom is 0.338 e. The van der Waals surface area contributed by atoms with Gasteiger partial charge in [0, 0.05) is 0 Å². The lowest BCUT2D eigenvalue weighted by molar-refractivity contribution is -0.119. The highest BCUT2D eigenvalue weighted by molar-refractivity contribution is 6.44. The van der Waals surface area contributed by atoms with Crippen LogP contribution in [0, 0.1) is 0 Å². The molecule has 0 atom stereocenters. The quantitative estimate of drug-likeness (QED) is 0.649. The molecular formula is C15H10Cl3NO3. The van der Waals surface area contributed by atoms with E-state index in [-0.39, 0.29) is 20.8 Å². The second kappa shape index (κ2) is 7.49. The minimum atomic E-state index is -0.587. The Morgan fingerprint density at radius 3 is 2.27 bits per heavy atom. The summed E-state index contributed by atoms with van der Waals surface area (Å²) in [5.41, 5.74) is 0.652. The molecule has 0 radical (unpaired) electrons. The van der Waals surface area contributed by atoms with E-state index in [1.165, 1.54) is 12.1 Å². The third-order valence-electron chi connectivity index (χ3n) is 2.63. The van der Waals surface area contributed by atoms with Gasteiger partial charge < -0.3 is 10.1 Å². The molecule has 0 heterocycles. The van der Waals surface area contributed by atoms with E-state index in [1.54, 1.807) is 30.3 Å². The average molecular weight is 359 g/mol. The monoisotopic (exact) mass is 357 g/mol. The van der Waals surface area contributed by atoms with Crippen molar-refractivity contribution in [2.75, 3.05) is 11.9 Å². The molecular weight excluding hydrogens is 349 g/mol. The maximum atomic E-state index is 11.8. The lowest BCUT2D eigenvalue weighted by atomic mass is 10.2. The van der Waals surface area contributed by atoms with Crippen molar-refractivity contribution in [3.05, 3.63) is 63.1 Å². The highest BCUT2D eigenvalue weighted by atomic mass is 35.5. The van der Waals surface area contributed by atoms with Gasteiger partial charge in [-0.25, -0.2) is 4.79 Å². The summed E-state index contributed by atoms with van der Waals surface area (Å²) in [6.07, 6.45) is 0. The highest BCUT2D eigenvalue weighted by Crippen LogP contribution is 2.32. The molecule has 0 aliphatic rings. The molecule has 2 aromatic carbocycles. The van der Waals surface area contributed by atoms with Gasteiger partial charge >= 0.3 is 5.97 Å². The minimum absolute atomic E-state index is 0.233. The fourth-order valence-electron chi connectivity index (χ4n) is 1.59. The molecule has 114 valence electrons. The zero-order chi connectivity index (χ0) is 16.1. The molecule has 2 aromatic rings. The molecule has 0 aliphatic carbocycles. The fourth-order valence-corrected chi connectivity index (χ4v) is 2.19. The summed E-state index contributed by atoms with van der Waals surface area (Å²) >= 11 is 17.6. The number of rotatable bonds is 4. The van der Waals surface area contributed by atoms with Crippen molar-refractivity contribution < 1.29 is 14.3 Å². The summed E-state index contributed by atoms with van der Waals surface area (Å²) in [7, 11) is 0. The molecule has 0 unspecified atom stereocenters. The van der Waals surface area contributed by atoms with Gasteiger partial charge in [-0.1, -0.05) is 53.0 Å². The van der Waals surface area contributed by atoms with Crippen LogP contribution in [0.1, 0.15) is 10.4 Å². The number of carbonyl (C=O) groups is 2. The molecule has 7 heteroatoms. The molecule has 0 bridgehead atoms. The third kappa shape index (κ3) is 4.37. The standard InChI is InChI=1S/C15H10Cl3NO3/c16-10-6-12(18)13(7-11(10)17)19-14(20)8-22-15(21)9-4-2-1-3-5-9/h1-7H,8H2,(H,19,20). The van der Waals surface area contributed by atoms with Crippen molar-refractivity contribution in [2.45, 2.75) is 0 Å². The Bertz CT molecular complexity index is 705. The summed E-state index contributed by atoms with van der Waals surface area (Å²) in [6, 6.07) is 11.2. The fraction of sp³-hybridized carbons (Fsp3) is 0.0667. The number of hydrogen-bond acceptors (Lipinski definition) is 3. The van der Waals surface area contributed by atoms with E-state index in [1.807, 2.05) is 0 Å². The Morgan fingerprint density at radius 1 is 0.955 bits per heavy atom. The first kappa shape index (κ1) is 16.6. The number of benzene rings is 2. The van der Waals surface area contributed by atoms with Crippen LogP contribution in [0.2, 0.25) is 15.1 Å². The van der Waals surface area contributed by atoms with Crippen molar-refractivity contribution in [3.63, 3.8) is 0 Å². The van der Waals surface area contributed by atoms with E-state index in [9.17, 15) is 9.59 Å². The number of esters is 1. The Morgan fingerprint density at radius 2 is 1.59 bits per heavy atom. The Hall–Kier alpha value is -1.75. The topological polar surface area (TPSA) is 55.4 Å². The number of nitrogens with one attached hydrogen (secondary N) is 1. The largest absolute Gasteiger partial charge is 0.452 e. The second-order valence-electron chi connectivity index (χ2n) is 4.24.